The monoisotopic (exact) mass is 283 g/mol. The molecule has 2 saturated heterocycles. The molecule has 2 unspecified atom stereocenters. The predicted molar refractivity (Wildman–Crippen MR) is 84.1 cm³/mol. The van der Waals surface area contributed by atoms with Crippen molar-refractivity contribution < 1.29 is 5.11 Å². The number of nitrogens with zero attached hydrogens (tertiary/aromatic N) is 2. The maximum atomic E-state index is 9.39. The highest BCUT2D eigenvalue weighted by molar-refractivity contribution is 4.85. The van der Waals surface area contributed by atoms with Crippen molar-refractivity contribution in [2.45, 2.75) is 57.0 Å². The van der Waals surface area contributed by atoms with E-state index in [2.05, 4.69) is 22.0 Å². The van der Waals surface area contributed by atoms with Gasteiger partial charge in [-0.3, -0.25) is 4.90 Å². The van der Waals surface area contributed by atoms with Crippen LogP contribution in [-0.2, 0) is 0 Å². The van der Waals surface area contributed by atoms with Crippen molar-refractivity contribution in [3.8, 4) is 0 Å². The quantitative estimate of drug-likeness (QED) is 0.691. The summed E-state index contributed by atoms with van der Waals surface area (Å²) in [4.78, 5) is 5.37. The summed E-state index contributed by atoms with van der Waals surface area (Å²) in [5.74, 6) is 0. The van der Waals surface area contributed by atoms with E-state index in [4.69, 9.17) is 0 Å². The molecule has 0 bridgehead atoms. The first-order valence-corrected chi connectivity index (χ1v) is 8.43. The SMILES string of the molecule is CNC(C)(CO)CCCCN1CCCN2CCCC2C1. The van der Waals surface area contributed by atoms with Crippen LogP contribution >= 0.6 is 0 Å². The molecule has 2 aliphatic rings. The van der Waals surface area contributed by atoms with Crippen LogP contribution in [-0.4, -0.2) is 72.9 Å². The van der Waals surface area contributed by atoms with Gasteiger partial charge in [0, 0.05) is 18.1 Å². The van der Waals surface area contributed by atoms with Crippen molar-refractivity contribution in [2.24, 2.45) is 0 Å². The van der Waals surface area contributed by atoms with Crippen molar-refractivity contribution in [1.29, 1.82) is 0 Å². The Hall–Kier alpha value is -0.160. The zero-order valence-electron chi connectivity index (χ0n) is 13.4. The topological polar surface area (TPSA) is 38.7 Å². The molecule has 0 aromatic heterocycles. The molecular weight excluding hydrogens is 250 g/mol. The first-order chi connectivity index (χ1) is 9.67. The molecule has 2 rings (SSSR count). The Bertz CT molecular complexity index is 281. The highest BCUT2D eigenvalue weighted by Crippen LogP contribution is 2.21. The summed E-state index contributed by atoms with van der Waals surface area (Å²) in [5.41, 5.74) is -0.0962. The lowest BCUT2D eigenvalue weighted by Crippen LogP contribution is -2.43. The van der Waals surface area contributed by atoms with Crippen LogP contribution in [0.3, 0.4) is 0 Å². The van der Waals surface area contributed by atoms with Gasteiger partial charge in [0.05, 0.1) is 6.61 Å². The van der Waals surface area contributed by atoms with E-state index < -0.39 is 0 Å². The average Bonchev–Trinajstić information content (AvgIpc) is 2.81. The van der Waals surface area contributed by atoms with E-state index in [1.54, 1.807) is 0 Å². The van der Waals surface area contributed by atoms with Gasteiger partial charge in [-0.1, -0.05) is 6.42 Å². The molecule has 0 aromatic carbocycles. The van der Waals surface area contributed by atoms with Crippen LogP contribution < -0.4 is 5.32 Å². The van der Waals surface area contributed by atoms with E-state index in [1.165, 1.54) is 64.8 Å². The maximum Gasteiger partial charge on any atom is 0.0610 e. The Morgan fingerprint density at radius 3 is 2.75 bits per heavy atom. The first kappa shape index (κ1) is 16.2. The minimum absolute atomic E-state index is 0.0962. The van der Waals surface area contributed by atoms with E-state index >= 15 is 0 Å². The van der Waals surface area contributed by atoms with Crippen LogP contribution in [0.5, 0.6) is 0 Å². The first-order valence-electron chi connectivity index (χ1n) is 8.43. The molecule has 2 heterocycles. The second-order valence-corrected chi connectivity index (χ2v) is 6.91. The number of likely N-dealkylation sites (N-methyl/N-ethyl adjacent to an activating group) is 1. The zero-order valence-corrected chi connectivity index (χ0v) is 13.4. The number of hydrogen-bond acceptors (Lipinski definition) is 4. The fourth-order valence-corrected chi connectivity index (χ4v) is 3.62. The number of rotatable bonds is 7. The van der Waals surface area contributed by atoms with Gasteiger partial charge in [-0.05, 0) is 72.3 Å². The molecule has 0 aromatic rings. The van der Waals surface area contributed by atoms with E-state index in [1.807, 2.05) is 7.05 Å². The third-order valence-electron chi connectivity index (χ3n) is 5.29. The van der Waals surface area contributed by atoms with Gasteiger partial charge in [0.1, 0.15) is 0 Å². The van der Waals surface area contributed by atoms with E-state index in [-0.39, 0.29) is 12.1 Å². The second-order valence-electron chi connectivity index (χ2n) is 6.91. The van der Waals surface area contributed by atoms with Gasteiger partial charge >= 0.3 is 0 Å². The molecule has 2 atom stereocenters. The summed E-state index contributed by atoms with van der Waals surface area (Å²) in [6.07, 6.45) is 7.64. The van der Waals surface area contributed by atoms with Crippen LogP contribution in [0.1, 0.15) is 45.4 Å². The number of nitrogens with one attached hydrogen (secondary N) is 1. The van der Waals surface area contributed by atoms with Crippen LogP contribution in [0.25, 0.3) is 0 Å². The van der Waals surface area contributed by atoms with Gasteiger partial charge < -0.3 is 15.3 Å². The van der Waals surface area contributed by atoms with Crippen LogP contribution in [0, 0.1) is 0 Å². The molecular formula is C16H33N3O. The van der Waals surface area contributed by atoms with Crippen LogP contribution in [0.15, 0.2) is 0 Å². The van der Waals surface area contributed by atoms with Crippen LogP contribution in [0.4, 0.5) is 0 Å². The number of hydrogen-bond donors (Lipinski definition) is 2. The van der Waals surface area contributed by atoms with E-state index in [9.17, 15) is 5.11 Å². The van der Waals surface area contributed by atoms with E-state index in [0.29, 0.717) is 0 Å². The third-order valence-corrected chi connectivity index (χ3v) is 5.29. The van der Waals surface area contributed by atoms with Crippen molar-refractivity contribution in [3.05, 3.63) is 0 Å². The number of aliphatic hydroxyl groups is 1. The number of unbranched alkanes of at least 4 members (excludes halogenated alkanes) is 1. The Kier molecular flexibility index (Phi) is 6.27. The minimum Gasteiger partial charge on any atom is -0.394 e. The molecule has 4 nitrogen and oxygen atoms in total. The fourth-order valence-electron chi connectivity index (χ4n) is 3.62. The molecule has 20 heavy (non-hydrogen) atoms. The summed E-state index contributed by atoms with van der Waals surface area (Å²) in [6.45, 7) is 8.76. The summed E-state index contributed by atoms with van der Waals surface area (Å²) >= 11 is 0. The molecule has 4 heteroatoms. The molecule has 2 aliphatic heterocycles. The van der Waals surface area contributed by atoms with Gasteiger partial charge in [0.25, 0.3) is 0 Å². The van der Waals surface area contributed by atoms with Gasteiger partial charge in [-0.2, -0.15) is 0 Å². The summed E-state index contributed by atoms with van der Waals surface area (Å²) in [7, 11) is 1.94. The molecule has 118 valence electrons. The summed E-state index contributed by atoms with van der Waals surface area (Å²) in [5, 5.41) is 12.6. The van der Waals surface area contributed by atoms with Crippen molar-refractivity contribution in [3.63, 3.8) is 0 Å². The van der Waals surface area contributed by atoms with Gasteiger partial charge in [0.2, 0.25) is 0 Å². The van der Waals surface area contributed by atoms with Gasteiger partial charge in [0.15, 0.2) is 0 Å². The Morgan fingerprint density at radius 2 is 2.00 bits per heavy atom. The second kappa shape index (κ2) is 7.74. The molecule has 0 amide bonds. The molecule has 2 N–H and O–H groups in total. The highest BCUT2D eigenvalue weighted by atomic mass is 16.3. The molecule has 0 aliphatic carbocycles. The third kappa shape index (κ3) is 4.42. The Labute approximate surface area is 124 Å². The van der Waals surface area contributed by atoms with E-state index in [0.717, 1.165) is 12.5 Å². The predicted octanol–water partition coefficient (Wildman–Crippen LogP) is 1.30. The smallest absolute Gasteiger partial charge is 0.0610 e. The highest BCUT2D eigenvalue weighted by Gasteiger charge is 2.28. The zero-order chi connectivity index (χ0) is 14.4. The lowest BCUT2D eigenvalue weighted by atomic mass is 9.96. The average molecular weight is 283 g/mol. The van der Waals surface area contributed by atoms with Crippen molar-refractivity contribution in [2.75, 3.05) is 46.4 Å². The Morgan fingerprint density at radius 1 is 1.20 bits per heavy atom. The molecule has 0 spiro atoms. The largest absolute Gasteiger partial charge is 0.394 e. The molecule has 2 fully saturated rings. The Balaban J connectivity index is 1.66. The fraction of sp³-hybridized carbons (Fsp3) is 1.00. The normalized spacial score (nSPS) is 28.1. The molecule has 0 radical (unpaired) electrons. The van der Waals surface area contributed by atoms with Crippen LogP contribution in [0.2, 0.25) is 0 Å². The number of aliphatic hydroxyl groups excluding tert-OH is 1. The summed E-state index contributed by atoms with van der Waals surface area (Å²) in [6, 6.07) is 0.831. The maximum absolute atomic E-state index is 9.39. The van der Waals surface area contributed by atoms with Crippen molar-refractivity contribution in [1.82, 2.24) is 15.1 Å². The van der Waals surface area contributed by atoms with Gasteiger partial charge in [-0.25, -0.2) is 0 Å². The lowest BCUT2D eigenvalue weighted by Gasteiger charge is -2.28. The summed E-state index contributed by atoms with van der Waals surface area (Å²) < 4.78 is 0. The van der Waals surface area contributed by atoms with Gasteiger partial charge in [-0.15, -0.1) is 0 Å². The molecule has 0 saturated carbocycles. The lowest BCUT2D eigenvalue weighted by molar-refractivity contribution is 0.167. The minimum atomic E-state index is -0.0962. The van der Waals surface area contributed by atoms with Crippen molar-refractivity contribution >= 4 is 0 Å². The standard InChI is InChI=1S/C16H33N3O/c1-16(14-20,17-2)8-3-4-9-18-10-6-12-19-11-5-7-15(19)13-18/h15,17,20H,3-14H2,1-2H3. The number of fused-ring (bicyclic) bond motifs is 1.